The number of carbonyl (C=O) groups is 2. The van der Waals surface area contributed by atoms with Gasteiger partial charge < -0.3 is 15.0 Å². The summed E-state index contributed by atoms with van der Waals surface area (Å²) in [5, 5.41) is 15.1. The fraction of sp³-hybridized carbons (Fsp3) is 0.200. The van der Waals surface area contributed by atoms with E-state index in [0.29, 0.717) is 13.2 Å². The van der Waals surface area contributed by atoms with Crippen molar-refractivity contribution in [1.29, 1.82) is 0 Å². The summed E-state index contributed by atoms with van der Waals surface area (Å²) in [6.07, 6.45) is 1.80. The molecule has 2 aromatic carbocycles. The first kappa shape index (κ1) is 20.8. The fourth-order valence-corrected chi connectivity index (χ4v) is 2.95. The average molecular weight is 411 g/mol. The van der Waals surface area contributed by atoms with Gasteiger partial charge >= 0.3 is 0 Å². The Morgan fingerprint density at radius 2 is 1.97 bits per heavy atom. The molecule has 0 spiro atoms. The number of H-pyrrole nitrogens is 1. The molecule has 3 rings (SSSR count). The summed E-state index contributed by atoms with van der Waals surface area (Å²) in [6.45, 7) is 0.759. The van der Waals surface area contributed by atoms with E-state index in [2.05, 4.69) is 21.2 Å². The lowest BCUT2D eigenvalue weighted by atomic mass is 10.1. The summed E-state index contributed by atoms with van der Waals surface area (Å²) in [5.74, 6) is -1.07. The van der Waals surface area contributed by atoms with E-state index >= 15 is 0 Å². The number of hydrazine groups is 1. The molecule has 1 aromatic heterocycles. The Morgan fingerprint density at radius 3 is 2.73 bits per heavy atom. The van der Waals surface area contributed by atoms with E-state index in [1.807, 2.05) is 24.3 Å². The minimum absolute atomic E-state index is 0.0476. The van der Waals surface area contributed by atoms with E-state index in [-0.39, 0.29) is 23.4 Å². The van der Waals surface area contributed by atoms with Gasteiger partial charge in [0.25, 0.3) is 11.6 Å². The van der Waals surface area contributed by atoms with E-state index in [1.165, 1.54) is 19.2 Å². The molecule has 0 saturated heterocycles. The van der Waals surface area contributed by atoms with Gasteiger partial charge in [-0.2, -0.15) is 0 Å². The van der Waals surface area contributed by atoms with Gasteiger partial charge in [0.05, 0.1) is 18.0 Å². The van der Waals surface area contributed by atoms with E-state index in [4.69, 9.17) is 4.74 Å². The summed E-state index contributed by atoms with van der Waals surface area (Å²) in [7, 11) is 1.52. The van der Waals surface area contributed by atoms with Crippen molar-refractivity contribution in [2.45, 2.75) is 6.42 Å². The van der Waals surface area contributed by atoms with Crippen molar-refractivity contribution in [1.82, 2.24) is 15.8 Å². The number of hydrogen-bond acceptors (Lipinski definition) is 6. The third-order valence-electron chi connectivity index (χ3n) is 4.42. The van der Waals surface area contributed by atoms with Crippen LogP contribution in [-0.2, 0) is 16.0 Å². The minimum Gasteiger partial charge on any atom is -0.383 e. The van der Waals surface area contributed by atoms with E-state index < -0.39 is 16.7 Å². The van der Waals surface area contributed by atoms with Crippen molar-refractivity contribution in [3.05, 3.63) is 69.9 Å². The number of ether oxygens (including phenoxy) is 1. The molecule has 0 aliphatic heterocycles. The molecule has 3 aromatic rings. The number of aromatic nitrogens is 1. The van der Waals surface area contributed by atoms with Crippen LogP contribution in [0.15, 0.2) is 48.7 Å². The molecule has 4 N–H and O–H groups in total. The van der Waals surface area contributed by atoms with Crippen LogP contribution in [0.2, 0.25) is 0 Å². The van der Waals surface area contributed by atoms with Crippen LogP contribution >= 0.6 is 0 Å². The molecule has 0 unspecified atom stereocenters. The number of aromatic amines is 1. The minimum atomic E-state index is -0.659. The van der Waals surface area contributed by atoms with Gasteiger partial charge in [-0.25, -0.2) is 0 Å². The highest BCUT2D eigenvalue weighted by Crippen LogP contribution is 2.25. The van der Waals surface area contributed by atoms with E-state index in [1.54, 1.807) is 6.20 Å². The highest BCUT2D eigenvalue weighted by molar-refractivity contribution is 5.97. The fourth-order valence-electron chi connectivity index (χ4n) is 2.95. The first-order valence-electron chi connectivity index (χ1n) is 9.15. The second kappa shape index (κ2) is 9.52. The van der Waals surface area contributed by atoms with Crippen LogP contribution in [-0.4, -0.2) is 42.0 Å². The molecule has 156 valence electrons. The zero-order valence-corrected chi connectivity index (χ0v) is 16.2. The normalized spacial score (nSPS) is 10.6. The number of methoxy groups -OCH3 is 1. The Bertz CT molecular complexity index is 1080. The number of benzene rings is 2. The van der Waals surface area contributed by atoms with Crippen LogP contribution < -0.4 is 16.2 Å². The number of hydrogen-bond donors (Lipinski definition) is 4. The highest BCUT2D eigenvalue weighted by atomic mass is 16.6. The number of nitrogens with one attached hydrogen (secondary N) is 4. The number of amides is 2. The highest BCUT2D eigenvalue weighted by Gasteiger charge is 2.18. The maximum absolute atomic E-state index is 12.3. The molecule has 10 heteroatoms. The number of fused-ring (bicyclic) bond motifs is 1. The second-order valence-corrected chi connectivity index (χ2v) is 6.45. The summed E-state index contributed by atoms with van der Waals surface area (Å²) >= 11 is 0. The topological polar surface area (TPSA) is 138 Å². The van der Waals surface area contributed by atoms with E-state index in [0.717, 1.165) is 22.5 Å². The summed E-state index contributed by atoms with van der Waals surface area (Å²) in [4.78, 5) is 38.3. The molecule has 2 amide bonds. The SMILES string of the molecule is COCCNc1ccc(C(=O)NNC(=O)Cc2c[nH]c3ccccc23)cc1[N+](=O)[O-]. The summed E-state index contributed by atoms with van der Waals surface area (Å²) in [5.41, 5.74) is 6.40. The maximum atomic E-state index is 12.3. The molecule has 0 saturated carbocycles. The largest absolute Gasteiger partial charge is 0.383 e. The molecule has 0 aliphatic carbocycles. The van der Waals surface area contributed by atoms with Gasteiger partial charge in [0.2, 0.25) is 5.91 Å². The van der Waals surface area contributed by atoms with Gasteiger partial charge in [-0.15, -0.1) is 0 Å². The Kier molecular flexibility index (Phi) is 6.60. The Balaban J connectivity index is 1.61. The van der Waals surface area contributed by atoms with Crippen molar-refractivity contribution in [2.75, 3.05) is 25.6 Å². The molecular formula is C20H21N5O5. The molecule has 0 aliphatic rings. The third kappa shape index (κ3) is 4.92. The molecule has 0 bridgehead atoms. The number of rotatable bonds is 8. The van der Waals surface area contributed by atoms with Crippen molar-refractivity contribution in [3.8, 4) is 0 Å². The second-order valence-electron chi connectivity index (χ2n) is 6.45. The van der Waals surface area contributed by atoms with Crippen molar-refractivity contribution >= 4 is 34.1 Å². The molecule has 1 heterocycles. The van der Waals surface area contributed by atoms with Crippen LogP contribution in [0.3, 0.4) is 0 Å². The van der Waals surface area contributed by atoms with E-state index in [9.17, 15) is 19.7 Å². The van der Waals surface area contributed by atoms with Gasteiger partial charge in [0.1, 0.15) is 5.69 Å². The Hall–Kier alpha value is -3.92. The molecular weight excluding hydrogens is 390 g/mol. The molecule has 0 radical (unpaired) electrons. The first-order valence-corrected chi connectivity index (χ1v) is 9.15. The van der Waals surface area contributed by atoms with Gasteiger partial charge in [-0.1, -0.05) is 18.2 Å². The number of nitrogens with zero attached hydrogens (tertiary/aromatic N) is 1. The van der Waals surface area contributed by atoms with Gasteiger partial charge in [-0.05, 0) is 23.8 Å². The Labute approximate surface area is 171 Å². The number of carbonyl (C=O) groups excluding carboxylic acids is 2. The number of para-hydroxylation sites is 1. The number of nitro groups is 1. The lowest BCUT2D eigenvalue weighted by molar-refractivity contribution is -0.384. The van der Waals surface area contributed by atoms with Crippen molar-refractivity contribution in [2.24, 2.45) is 0 Å². The summed E-state index contributed by atoms with van der Waals surface area (Å²) < 4.78 is 4.90. The van der Waals surface area contributed by atoms with Crippen LogP contribution in [0.25, 0.3) is 10.9 Å². The monoisotopic (exact) mass is 411 g/mol. The zero-order valence-electron chi connectivity index (χ0n) is 16.2. The quantitative estimate of drug-likeness (QED) is 0.254. The van der Waals surface area contributed by atoms with Gasteiger partial charge in [0.15, 0.2) is 0 Å². The van der Waals surface area contributed by atoms with Gasteiger partial charge in [-0.3, -0.25) is 30.6 Å². The molecule has 30 heavy (non-hydrogen) atoms. The van der Waals surface area contributed by atoms with Crippen LogP contribution in [0.1, 0.15) is 15.9 Å². The smallest absolute Gasteiger partial charge is 0.293 e. The number of nitro benzene ring substituents is 1. The maximum Gasteiger partial charge on any atom is 0.293 e. The van der Waals surface area contributed by atoms with Crippen LogP contribution in [0.4, 0.5) is 11.4 Å². The van der Waals surface area contributed by atoms with Crippen LogP contribution in [0, 0.1) is 10.1 Å². The van der Waals surface area contributed by atoms with Crippen molar-refractivity contribution < 1.29 is 19.2 Å². The lowest BCUT2D eigenvalue weighted by Crippen LogP contribution is -2.42. The van der Waals surface area contributed by atoms with Gasteiger partial charge in [0, 0.05) is 42.4 Å². The third-order valence-corrected chi connectivity index (χ3v) is 4.42. The molecule has 0 atom stereocenters. The molecule has 0 fully saturated rings. The standard InChI is InChI=1S/C20H21N5O5/c1-30-9-8-21-17-7-6-13(10-18(17)25(28)29)20(27)24-23-19(26)11-14-12-22-16-5-3-2-4-15(14)16/h2-7,10,12,21-22H,8-9,11H2,1H3,(H,23,26)(H,24,27). The van der Waals surface area contributed by atoms with Crippen molar-refractivity contribution in [3.63, 3.8) is 0 Å². The predicted octanol–water partition coefficient (Wildman–Crippen LogP) is 2.14. The lowest BCUT2D eigenvalue weighted by Gasteiger charge is -2.10. The Morgan fingerprint density at radius 1 is 1.17 bits per heavy atom. The van der Waals surface area contributed by atoms with Crippen LogP contribution in [0.5, 0.6) is 0 Å². The number of anilines is 1. The predicted molar refractivity (Wildman–Crippen MR) is 111 cm³/mol. The zero-order chi connectivity index (χ0) is 21.5. The molecule has 10 nitrogen and oxygen atoms in total. The summed E-state index contributed by atoms with van der Waals surface area (Å²) in [6, 6.07) is 11.6. The first-order chi connectivity index (χ1) is 14.5. The average Bonchev–Trinajstić information content (AvgIpc) is 3.15.